The van der Waals surface area contributed by atoms with Crippen LogP contribution in [0.5, 0.6) is 11.5 Å². The molecule has 2 aromatic carbocycles. The SMILES string of the molecule is [B]C1([B])c2cccc(Oc3ccccc3)c2C([B])([B])C1(C)C. The van der Waals surface area contributed by atoms with Crippen molar-refractivity contribution >= 4 is 31.4 Å². The van der Waals surface area contributed by atoms with Gasteiger partial charge in [-0.1, -0.05) is 60.2 Å². The van der Waals surface area contributed by atoms with Crippen LogP contribution in [-0.4, -0.2) is 31.4 Å². The van der Waals surface area contributed by atoms with Crippen LogP contribution in [0.2, 0.25) is 0 Å². The summed E-state index contributed by atoms with van der Waals surface area (Å²) in [7, 11) is 25.6. The minimum absolute atomic E-state index is 0.583. The molecule has 0 fully saturated rings. The maximum absolute atomic E-state index is 6.44. The molecule has 0 unspecified atom stereocenters. The Morgan fingerprint density at radius 2 is 1.41 bits per heavy atom. The largest absolute Gasteiger partial charge is 0.457 e. The first-order valence-electron chi connectivity index (χ1n) is 7.22. The summed E-state index contributed by atoms with van der Waals surface area (Å²) in [5.41, 5.74) is 0.642. The van der Waals surface area contributed by atoms with Gasteiger partial charge in [0.15, 0.2) is 0 Å². The van der Waals surface area contributed by atoms with Crippen molar-refractivity contribution < 1.29 is 4.74 Å². The zero-order valence-corrected chi connectivity index (χ0v) is 12.8. The number of ether oxygens (including phenoxy) is 1. The summed E-state index contributed by atoms with van der Waals surface area (Å²) in [4.78, 5) is 0. The third-order valence-electron chi connectivity index (χ3n) is 4.92. The van der Waals surface area contributed by atoms with Gasteiger partial charge < -0.3 is 4.74 Å². The fraction of sp³-hybridized carbons (Fsp3) is 0.294. The first kappa shape index (κ1) is 15.4. The summed E-state index contributed by atoms with van der Waals surface area (Å²) in [5.74, 6) is 1.29. The van der Waals surface area contributed by atoms with E-state index in [1.54, 1.807) is 0 Å². The van der Waals surface area contributed by atoms with Gasteiger partial charge in [0.1, 0.15) is 11.5 Å². The standard InChI is InChI=1S/C17H14B4O/c1-15(2)16(18,19)12-9-6-10-13(14(12)17(15,20)21)22-11-7-4-3-5-8-11/h3-10H,1-2H3. The molecular formula is C17H14B4O. The van der Waals surface area contributed by atoms with Gasteiger partial charge >= 0.3 is 0 Å². The first-order chi connectivity index (χ1) is 10.2. The van der Waals surface area contributed by atoms with E-state index in [1.807, 2.05) is 62.4 Å². The second-order valence-corrected chi connectivity index (χ2v) is 6.46. The van der Waals surface area contributed by atoms with Crippen molar-refractivity contribution in [3.8, 4) is 11.5 Å². The molecule has 0 saturated carbocycles. The van der Waals surface area contributed by atoms with Gasteiger partial charge in [-0.15, -0.1) is 0 Å². The molecule has 22 heavy (non-hydrogen) atoms. The van der Waals surface area contributed by atoms with Gasteiger partial charge in [0.2, 0.25) is 0 Å². The van der Waals surface area contributed by atoms with E-state index in [0.717, 1.165) is 5.56 Å². The van der Waals surface area contributed by atoms with Crippen LogP contribution in [0.4, 0.5) is 0 Å². The number of fused-ring (bicyclic) bond motifs is 1. The van der Waals surface area contributed by atoms with Crippen LogP contribution >= 0.6 is 0 Å². The Kier molecular flexibility index (Phi) is 3.32. The minimum atomic E-state index is -1.20. The van der Waals surface area contributed by atoms with E-state index in [1.165, 1.54) is 0 Å². The predicted octanol–water partition coefficient (Wildman–Crippen LogP) is 2.50. The highest BCUT2D eigenvalue weighted by atomic mass is 16.5. The van der Waals surface area contributed by atoms with Crippen molar-refractivity contribution in [2.75, 3.05) is 0 Å². The lowest BCUT2D eigenvalue weighted by Gasteiger charge is -2.46. The molecule has 0 heterocycles. The third kappa shape index (κ3) is 1.91. The lowest BCUT2D eigenvalue weighted by atomic mass is 9.33. The molecule has 1 aliphatic rings. The number of rotatable bonds is 2. The van der Waals surface area contributed by atoms with E-state index in [0.29, 0.717) is 17.1 Å². The molecule has 1 aliphatic carbocycles. The Morgan fingerprint density at radius 1 is 0.773 bits per heavy atom. The topological polar surface area (TPSA) is 9.23 Å². The van der Waals surface area contributed by atoms with E-state index in [-0.39, 0.29) is 0 Å². The Balaban J connectivity index is 2.17. The lowest BCUT2D eigenvalue weighted by Crippen LogP contribution is -2.50. The Labute approximate surface area is 137 Å². The van der Waals surface area contributed by atoms with Crippen LogP contribution in [0, 0.1) is 5.41 Å². The minimum Gasteiger partial charge on any atom is -0.457 e. The molecule has 8 radical (unpaired) electrons. The number of benzene rings is 2. The highest BCUT2D eigenvalue weighted by Gasteiger charge is 2.55. The van der Waals surface area contributed by atoms with Crippen LogP contribution in [0.15, 0.2) is 48.5 Å². The van der Waals surface area contributed by atoms with Crippen molar-refractivity contribution in [3.63, 3.8) is 0 Å². The van der Waals surface area contributed by atoms with E-state index < -0.39 is 15.8 Å². The summed E-state index contributed by atoms with van der Waals surface area (Å²) in [5, 5.41) is -2.33. The normalized spacial score (nSPS) is 20.3. The predicted molar refractivity (Wildman–Crippen MR) is 93.1 cm³/mol. The van der Waals surface area contributed by atoms with Crippen LogP contribution in [0.3, 0.4) is 0 Å². The maximum atomic E-state index is 6.44. The number of hydrogen-bond donors (Lipinski definition) is 0. The van der Waals surface area contributed by atoms with Crippen LogP contribution in [-0.2, 0) is 10.4 Å². The number of hydrogen-bond acceptors (Lipinski definition) is 1. The highest BCUT2D eigenvalue weighted by Crippen LogP contribution is 2.58. The Bertz CT molecular complexity index is 708. The van der Waals surface area contributed by atoms with Crippen LogP contribution < -0.4 is 4.74 Å². The Morgan fingerprint density at radius 3 is 2.05 bits per heavy atom. The van der Waals surface area contributed by atoms with Gasteiger partial charge in [0.25, 0.3) is 0 Å². The molecule has 0 N–H and O–H groups in total. The lowest BCUT2D eigenvalue weighted by molar-refractivity contribution is 0.303. The van der Waals surface area contributed by atoms with Gasteiger partial charge in [0, 0.05) is 0 Å². The maximum Gasteiger partial charge on any atom is 0.129 e. The van der Waals surface area contributed by atoms with Crippen LogP contribution in [0.1, 0.15) is 25.0 Å². The fourth-order valence-corrected chi connectivity index (χ4v) is 2.99. The van der Waals surface area contributed by atoms with Crippen molar-refractivity contribution in [1.29, 1.82) is 0 Å². The molecular weight excluding hydrogens is 263 g/mol. The Hall–Kier alpha value is -1.50. The fourth-order valence-electron chi connectivity index (χ4n) is 2.99. The second kappa shape index (κ2) is 4.75. The molecule has 0 spiro atoms. The molecule has 0 saturated heterocycles. The molecule has 0 bridgehead atoms. The van der Waals surface area contributed by atoms with E-state index in [4.69, 9.17) is 36.1 Å². The molecule has 100 valence electrons. The van der Waals surface area contributed by atoms with Gasteiger partial charge in [0.05, 0.1) is 31.4 Å². The van der Waals surface area contributed by atoms with Crippen molar-refractivity contribution in [3.05, 3.63) is 59.7 Å². The molecule has 5 heteroatoms. The zero-order chi connectivity index (χ0) is 16.2. The monoisotopic (exact) mass is 278 g/mol. The van der Waals surface area contributed by atoms with E-state index in [9.17, 15) is 0 Å². The van der Waals surface area contributed by atoms with Crippen molar-refractivity contribution in [2.45, 2.75) is 24.3 Å². The van der Waals surface area contributed by atoms with Crippen molar-refractivity contribution in [1.82, 2.24) is 0 Å². The summed E-state index contributed by atoms with van der Waals surface area (Å²) in [6.45, 7) is 3.75. The van der Waals surface area contributed by atoms with Crippen LogP contribution in [0.25, 0.3) is 0 Å². The zero-order valence-electron chi connectivity index (χ0n) is 12.8. The molecule has 0 aliphatic heterocycles. The highest BCUT2D eigenvalue weighted by molar-refractivity contribution is 6.48. The summed E-state index contributed by atoms with van der Waals surface area (Å²) in [6, 6.07) is 15.0. The van der Waals surface area contributed by atoms with E-state index in [2.05, 4.69) is 0 Å². The van der Waals surface area contributed by atoms with Crippen molar-refractivity contribution in [2.24, 2.45) is 5.41 Å². The molecule has 0 atom stereocenters. The summed E-state index contributed by atoms with van der Waals surface area (Å²) < 4.78 is 5.97. The molecule has 1 nitrogen and oxygen atoms in total. The molecule has 2 aromatic rings. The molecule has 0 aromatic heterocycles. The van der Waals surface area contributed by atoms with Gasteiger partial charge in [-0.2, -0.15) is 0 Å². The van der Waals surface area contributed by atoms with Gasteiger partial charge in [-0.25, -0.2) is 0 Å². The average molecular weight is 278 g/mol. The van der Waals surface area contributed by atoms with E-state index >= 15 is 0 Å². The second-order valence-electron chi connectivity index (χ2n) is 6.46. The molecule has 0 amide bonds. The molecule has 3 rings (SSSR count). The quantitative estimate of drug-likeness (QED) is 0.767. The van der Waals surface area contributed by atoms with Gasteiger partial charge in [-0.3, -0.25) is 0 Å². The third-order valence-corrected chi connectivity index (χ3v) is 4.92. The number of para-hydroxylation sites is 1. The van der Waals surface area contributed by atoms with Gasteiger partial charge in [-0.05, 0) is 29.2 Å². The smallest absolute Gasteiger partial charge is 0.129 e. The summed E-state index contributed by atoms with van der Waals surface area (Å²) in [6.07, 6.45) is 0. The summed E-state index contributed by atoms with van der Waals surface area (Å²) >= 11 is 0. The first-order valence-corrected chi connectivity index (χ1v) is 7.22. The average Bonchev–Trinajstić information content (AvgIpc) is 2.57.